The summed E-state index contributed by atoms with van der Waals surface area (Å²) in [7, 11) is -1.96. The molecule has 0 spiro atoms. The van der Waals surface area contributed by atoms with Crippen molar-refractivity contribution in [1.29, 1.82) is 0 Å². The number of carboxylic acid groups (broad SMARTS) is 1. The van der Waals surface area contributed by atoms with E-state index in [9.17, 15) is 4.79 Å². The van der Waals surface area contributed by atoms with Crippen molar-refractivity contribution in [3.05, 3.63) is 48.0 Å². The summed E-state index contributed by atoms with van der Waals surface area (Å²) in [5, 5.41) is 9.00. The molecule has 0 aliphatic heterocycles. The molecule has 0 unspecified atom stereocenters. The van der Waals surface area contributed by atoms with Gasteiger partial charge in [0.2, 0.25) is 0 Å². The number of benzene rings is 1. The van der Waals surface area contributed by atoms with Gasteiger partial charge >= 0.3 is 5.97 Å². The summed E-state index contributed by atoms with van der Waals surface area (Å²) in [5.74, 6) is -0.983. The summed E-state index contributed by atoms with van der Waals surface area (Å²) in [6.07, 6.45) is 2.07. The Labute approximate surface area is 146 Å². The van der Waals surface area contributed by atoms with Crippen LogP contribution in [0.1, 0.15) is 33.3 Å². The zero-order valence-electron chi connectivity index (χ0n) is 15.6. The number of hydrogen-bond acceptors (Lipinski definition) is 3. The molecule has 0 bridgehead atoms. The first-order valence-electron chi connectivity index (χ1n) is 8.27. The van der Waals surface area contributed by atoms with Crippen LogP contribution in [0.3, 0.4) is 0 Å². The van der Waals surface area contributed by atoms with Crippen molar-refractivity contribution in [1.82, 2.24) is 0 Å². The van der Waals surface area contributed by atoms with E-state index in [-0.39, 0.29) is 11.1 Å². The fraction of sp³-hybridized carbons (Fsp3) is 0.526. The smallest absolute Gasteiger partial charge is 0.328 e. The molecule has 0 aliphatic carbocycles. The zero-order valence-corrected chi connectivity index (χ0v) is 16.6. The molecular weight excluding hydrogens is 320 g/mol. The number of aliphatic carboxylic acids is 1. The third kappa shape index (κ3) is 6.59. The molecule has 1 rings (SSSR count). The van der Waals surface area contributed by atoms with Gasteiger partial charge in [0.25, 0.3) is 0 Å². The third-order valence-electron chi connectivity index (χ3n) is 4.46. The number of carbonyl (C=O) groups is 1. The van der Waals surface area contributed by atoms with E-state index in [4.69, 9.17) is 14.3 Å². The SMILES string of the molecule is C[C@@H](O[Si](C)(C)C(C)(C)C)[C@H](/C=C/C(=O)O)OCc1ccccc1. The molecule has 0 radical (unpaired) electrons. The second kappa shape index (κ2) is 8.60. The van der Waals surface area contributed by atoms with E-state index in [0.29, 0.717) is 6.61 Å². The number of carboxylic acids is 1. The second-order valence-electron chi connectivity index (χ2n) is 7.54. The largest absolute Gasteiger partial charge is 0.478 e. The highest BCUT2D eigenvalue weighted by molar-refractivity contribution is 6.74. The summed E-state index contributed by atoms with van der Waals surface area (Å²) in [4.78, 5) is 10.9. The summed E-state index contributed by atoms with van der Waals surface area (Å²) >= 11 is 0. The van der Waals surface area contributed by atoms with Gasteiger partial charge in [-0.05, 0) is 36.7 Å². The van der Waals surface area contributed by atoms with Crippen molar-refractivity contribution >= 4 is 14.3 Å². The molecule has 1 aromatic carbocycles. The lowest BCUT2D eigenvalue weighted by molar-refractivity contribution is -0.131. The van der Waals surface area contributed by atoms with Gasteiger partial charge < -0.3 is 14.3 Å². The van der Waals surface area contributed by atoms with E-state index in [1.807, 2.05) is 37.3 Å². The molecule has 0 saturated heterocycles. The summed E-state index contributed by atoms with van der Waals surface area (Å²) in [5.41, 5.74) is 1.05. The average molecular weight is 351 g/mol. The van der Waals surface area contributed by atoms with Gasteiger partial charge in [0.05, 0.1) is 12.7 Å². The maximum Gasteiger partial charge on any atom is 0.328 e. The van der Waals surface area contributed by atoms with Crippen LogP contribution in [0.25, 0.3) is 0 Å². The minimum Gasteiger partial charge on any atom is -0.478 e. The minimum atomic E-state index is -1.96. The lowest BCUT2D eigenvalue weighted by Crippen LogP contribution is -2.46. The Kier molecular flexibility index (Phi) is 7.39. The first kappa shape index (κ1) is 20.6. The van der Waals surface area contributed by atoms with E-state index in [2.05, 4.69) is 33.9 Å². The van der Waals surface area contributed by atoms with Gasteiger partial charge in [-0.3, -0.25) is 0 Å². The monoisotopic (exact) mass is 350 g/mol. The lowest BCUT2D eigenvalue weighted by Gasteiger charge is -2.39. The van der Waals surface area contributed by atoms with Crippen LogP contribution in [0.2, 0.25) is 18.1 Å². The van der Waals surface area contributed by atoms with Gasteiger partial charge in [-0.25, -0.2) is 4.79 Å². The van der Waals surface area contributed by atoms with E-state index in [0.717, 1.165) is 11.6 Å². The van der Waals surface area contributed by atoms with Gasteiger partial charge in [0.15, 0.2) is 8.32 Å². The maximum atomic E-state index is 10.9. The number of ether oxygens (including phenoxy) is 1. The number of rotatable bonds is 8. The fourth-order valence-electron chi connectivity index (χ4n) is 2.00. The standard InChI is InChI=1S/C19H30O4Si/c1-15(23-24(5,6)19(2,3)4)17(12-13-18(20)21)22-14-16-10-8-7-9-11-16/h7-13,15,17H,14H2,1-6H3,(H,20,21)/b13-12+/t15-,17+/m1/s1. The first-order valence-corrected chi connectivity index (χ1v) is 11.2. The van der Waals surface area contributed by atoms with Crippen molar-refractivity contribution in [2.24, 2.45) is 0 Å². The highest BCUT2D eigenvalue weighted by Gasteiger charge is 2.39. The van der Waals surface area contributed by atoms with Gasteiger partial charge in [-0.15, -0.1) is 0 Å². The van der Waals surface area contributed by atoms with Crippen molar-refractivity contribution < 1.29 is 19.1 Å². The van der Waals surface area contributed by atoms with Crippen molar-refractivity contribution in [3.63, 3.8) is 0 Å². The molecule has 24 heavy (non-hydrogen) atoms. The van der Waals surface area contributed by atoms with Gasteiger partial charge in [0, 0.05) is 6.08 Å². The molecule has 0 amide bonds. The van der Waals surface area contributed by atoms with Crippen LogP contribution >= 0.6 is 0 Å². The van der Waals surface area contributed by atoms with Gasteiger partial charge in [-0.1, -0.05) is 51.1 Å². The van der Waals surface area contributed by atoms with Crippen LogP contribution in [-0.4, -0.2) is 31.6 Å². The second-order valence-corrected chi connectivity index (χ2v) is 12.3. The lowest BCUT2D eigenvalue weighted by atomic mass is 10.2. The Balaban J connectivity index is 2.82. The Hall–Kier alpha value is -1.43. The van der Waals surface area contributed by atoms with Crippen LogP contribution in [0.5, 0.6) is 0 Å². The molecule has 0 aliphatic rings. The highest BCUT2D eigenvalue weighted by Crippen LogP contribution is 2.37. The molecular formula is C19H30O4Si. The molecule has 0 saturated carbocycles. The molecule has 1 N–H and O–H groups in total. The summed E-state index contributed by atoms with van der Waals surface area (Å²) in [6.45, 7) is 13.3. The van der Waals surface area contributed by atoms with Crippen LogP contribution in [-0.2, 0) is 20.6 Å². The molecule has 134 valence electrons. The third-order valence-corrected chi connectivity index (χ3v) is 9.04. The van der Waals surface area contributed by atoms with Crippen LogP contribution < -0.4 is 0 Å². The average Bonchev–Trinajstić information content (AvgIpc) is 2.46. The van der Waals surface area contributed by atoms with Crippen molar-refractivity contribution in [2.45, 2.75) is 64.6 Å². The fourth-order valence-corrected chi connectivity index (χ4v) is 3.42. The number of hydrogen-bond donors (Lipinski definition) is 1. The van der Waals surface area contributed by atoms with Crippen LogP contribution in [0.15, 0.2) is 42.5 Å². The molecule has 4 nitrogen and oxygen atoms in total. The predicted octanol–water partition coefficient (Wildman–Crippen LogP) is 4.62. The molecule has 0 heterocycles. The topological polar surface area (TPSA) is 55.8 Å². The van der Waals surface area contributed by atoms with Crippen LogP contribution in [0.4, 0.5) is 0 Å². The maximum absolute atomic E-state index is 10.9. The van der Waals surface area contributed by atoms with E-state index in [1.54, 1.807) is 6.08 Å². The Morgan fingerprint density at radius 2 is 1.83 bits per heavy atom. The predicted molar refractivity (Wildman–Crippen MR) is 99.5 cm³/mol. The normalized spacial score (nSPS) is 15.4. The molecule has 0 fully saturated rings. The van der Waals surface area contributed by atoms with Gasteiger partial charge in [-0.2, -0.15) is 0 Å². The molecule has 2 atom stereocenters. The zero-order chi connectivity index (χ0) is 18.4. The minimum absolute atomic E-state index is 0.0851. The van der Waals surface area contributed by atoms with E-state index < -0.39 is 20.4 Å². The van der Waals surface area contributed by atoms with Gasteiger partial charge in [0.1, 0.15) is 6.10 Å². The van der Waals surface area contributed by atoms with E-state index in [1.165, 1.54) is 0 Å². The van der Waals surface area contributed by atoms with Crippen molar-refractivity contribution in [2.75, 3.05) is 0 Å². The molecule has 0 aromatic heterocycles. The van der Waals surface area contributed by atoms with Crippen molar-refractivity contribution in [3.8, 4) is 0 Å². The summed E-state index contributed by atoms with van der Waals surface area (Å²) < 4.78 is 12.3. The first-order chi connectivity index (χ1) is 11.0. The quantitative estimate of drug-likeness (QED) is 0.549. The van der Waals surface area contributed by atoms with Crippen LogP contribution in [0, 0.1) is 0 Å². The molecule has 1 aromatic rings. The Bertz CT molecular complexity index is 546. The molecule has 5 heteroatoms. The Morgan fingerprint density at radius 1 is 1.25 bits per heavy atom. The highest BCUT2D eigenvalue weighted by atomic mass is 28.4. The summed E-state index contributed by atoms with van der Waals surface area (Å²) in [6, 6.07) is 9.83. The Morgan fingerprint density at radius 3 is 2.33 bits per heavy atom. The van der Waals surface area contributed by atoms with E-state index >= 15 is 0 Å².